The average Bonchev–Trinajstić information content (AvgIpc) is 2.83. The van der Waals surface area contributed by atoms with Crippen LogP contribution in [-0.2, 0) is 9.53 Å². The molecule has 1 saturated carbocycles. The van der Waals surface area contributed by atoms with E-state index in [-0.39, 0.29) is 5.92 Å². The fraction of sp³-hybridized carbons (Fsp3) is 0.889. The molecule has 0 bridgehead atoms. The number of aliphatic carboxylic acids is 1. The van der Waals surface area contributed by atoms with E-state index in [9.17, 15) is 4.79 Å². The van der Waals surface area contributed by atoms with Crippen LogP contribution in [0, 0.1) is 11.8 Å². The van der Waals surface area contributed by atoms with Crippen LogP contribution in [-0.4, -0.2) is 37.9 Å². The van der Waals surface area contributed by atoms with Gasteiger partial charge < -0.3 is 15.2 Å². The molecule has 0 heterocycles. The molecule has 0 amide bonds. The molecule has 0 radical (unpaired) electrons. The minimum atomic E-state index is -0.649. The van der Waals surface area contributed by atoms with Crippen molar-refractivity contribution in [1.29, 1.82) is 0 Å². The van der Waals surface area contributed by atoms with Crippen molar-refractivity contribution in [2.45, 2.75) is 12.8 Å². The fourth-order valence-corrected chi connectivity index (χ4v) is 1.40. The van der Waals surface area contributed by atoms with Crippen molar-refractivity contribution < 1.29 is 14.6 Å². The van der Waals surface area contributed by atoms with Crippen molar-refractivity contribution in [3.05, 3.63) is 0 Å². The van der Waals surface area contributed by atoms with Gasteiger partial charge in [0.25, 0.3) is 0 Å². The van der Waals surface area contributed by atoms with Crippen molar-refractivity contribution in [1.82, 2.24) is 5.32 Å². The summed E-state index contributed by atoms with van der Waals surface area (Å²) in [7, 11) is 1.68. The molecule has 2 N–H and O–H groups in total. The Balaban J connectivity index is 1.88. The Morgan fingerprint density at radius 1 is 1.69 bits per heavy atom. The predicted octanol–water partition coefficient (Wildman–Crippen LogP) is 0.333. The van der Waals surface area contributed by atoms with Crippen molar-refractivity contribution in [3.8, 4) is 0 Å². The number of ether oxygens (including phenoxy) is 1. The van der Waals surface area contributed by atoms with Crippen LogP contribution in [0.15, 0.2) is 0 Å². The largest absolute Gasteiger partial charge is 0.481 e. The highest BCUT2D eigenvalue weighted by Gasteiger charge is 2.42. The summed E-state index contributed by atoms with van der Waals surface area (Å²) in [5.74, 6) is -0.376. The molecule has 4 nitrogen and oxygen atoms in total. The molecule has 0 saturated heterocycles. The number of carboxylic acid groups (broad SMARTS) is 1. The van der Waals surface area contributed by atoms with E-state index < -0.39 is 5.97 Å². The molecule has 1 aliphatic rings. The maximum Gasteiger partial charge on any atom is 0.306 e. The molecule has 1 aliphatic carbocycles. The number of hydrogen-bond donors (Lipinski definition) is 2. The number of nitrogens with one attached hydrogen (secondary N) is 1. The number of hydrogen-bond acceptors (Lipinski definition) is 3. The van der Waals surface area contributed by atoms with Gasteiger partial charge in [0.1, 0.15) is 0 Å². The lowest BCUT2D eigenvalue weighted by molar-refractivity contribution is -0.138. The molecule has 13 heavy (non-hydrogen) atoms. The molecular weight excluding hydrogens is 170 g/mol. The van der Waals surface area contributed by atoms with Gasteiger partial charge >= 0.3 is 5.97 Å². The van der Waals surface area contributed by atoms with E-state index in [0.717, 1.165) is 32.5 Å². The molecule has 0 aromatic carbocycles. The van der Waals surface area contributed by atoms with Crippen LogP contribution in [0.25, 0.3) is 0 Å². The smallest absolute Gasteiger partial charge is 0.306 e. The molecule has 76 valence electrons. The van der Waals surface area contributed by atoms with Gasteiger partial charge in [-0.25, -0.2) is 0 Å². The SMILES string of the molecule is COCCCNCC1CC1C(=O)O. The van der Waals surface area contributed by atoms with Crippen molar-refractivity contribution in [2.75, 3.05) is 26.8 Å². The van der Waals surface area contributed by atoms with Gasteiger partial charge in [-0.15, -0.1) is 0 Å². The predicted molar refractivity (Wildman–Crippen MR) is 48.6 cm³/mol. The lowest BCUT2D eigenvalue weighted by Crippen LogP contribution is -2.20. The second-order valence-electron chi connectivity index (χ2n) is 3.49. The quantitative estimate of drug-likeness (QED) is 0.564. The number of carboxylic acids is 1. The van der Waals surface area contributed by atoms with Crippen LogP contribution < -0.4 is 5.32 Å². The molecule has 0 aromatic rings. The standard InChI is InChI=1S/C9H17NO3/c1-13-4-2-3-10-6-7-5-8(7)9(11)12/h7-8,10H,2-6H2,1H3,(H,11,12). The maximum atomic E-state index is 10.5. The Kier molecular flexibility index (Phi) is 4.18. The Morgan fingerprint density at radius 2 is 2.46 bits per heavy atom. The highest BCUT2D eigenvalue weighted by atomic mass is 16.5. The minimum absolute atomic E-state index is 0.0880. The molecule has 2 unspecified atom stereocenters. The topological polar surface area (TPSA) is 58.6 Å². The van der Waals surface area contributed by atoms with E-state index >= 15 is 0 Å². The second kappa shape index (κ2) is 5.19. The van der Waals surface area contributed by atoms with Crippen LogP contribution in [0.3, 0.4) is 0 Å². The van der Waals surface area contributed by atoms with Crippen LogP contribution in [0.4, 0.5) is 0 Å². The average molecular weight is 187 g/mol. The Bertz CT molecular complexity index is 172. The molecule has 0 spiro atoms. The molecule has 4 heteroatoms. The van der Waals surface area contributed by atoms with E-state index in [1.54, 1.807) is 7.11 Å². The zero-order chi connectivity index (χ0) is 9.68. The molecule has 1 rings (SSSR count). The van der Waals surface area contributed by atoms with Crippen LogP contribution in [0.5, 0.6) is 0 Å². The highest BCUT2D eigenvalue weighted by molar-refractivity contribution is 5.73. The van der Waals surface area contributed by atoms with Gasteiger partial charge in [0.2, 0.25) is 0 Å². The number of rotatable bonds is 7. The first kappa shape index (κ1) is 10.5. The van der Waals surface area contributed by atoms with Gasteiger partial charge in [0, 0.05) is 13.7 Å². The van der Waals surface area contributed by atoms with E-state index in [1.807, 2.05) is 0 Å². The first-order valence-electron chi connectivity index (χ1n) is 4.68. The summed E-state index contributed by atoms with van der Waals surface area (Å²) in [6.07, 6.45) is 1.83. The molecule has 0 aromatic heterocycles. The summed E-state index contributed by atoms with van der Waals surface area (Å²) < 4.78 is 4.89. The lowest BCUT2D eigenvalue weighted by Gasteiger charge is -2.02. The summed E-state index contributed by atoms with van der Waals surface area (Å²) in [5.41, 5.74) is 0. The van der Waals surface area contributed by atoms with E-state index in [1.165, 1.54) is 0 Å². The zero-order valence-electron chi connectivity index (χ0n) is 7.95. The van der Waals surface area contributed by atoms with Crippen molar-refractivity contribution in [3.63, 3.8) is 0 Å². The second-order valence-corrected chi connectivity index (χ2v) is 3.49. The summed E-state index contributed by atoms with van der Waals surface area (Å²) in [5, 5.41) is 11.8. The molecule has 2 atom stereocenters. The van der Waals surface area contributed by atoms with E-state index in [0.29, 0.717) is 5.92 Å². The van der Waals surface area contributed by atoms with Gasteiger partial charge in [-0.3, -0.25) is 4.79 Å². The lowest BCUT2D eigenvalue weighted by atomic mass is 10.3. The first-order valence-corrected chi connectivity index (χ1v) is 4.68. The summed E-state index contributed by atoms with van der Waals surface area (Å²) in [4.78, 5) is 10.5. The maximum absolute atomic E-state index is 10.5. The normalized spacial score (nSPS) is 25.9. The van der Waals surface area contributed by atoms with Crippen LogP contribution in [0.2, 0.25) is 0 Å². The Morgan fingerprint density at radius 3 is 3.00 bits per heavy atom. The third-order valence-corrected chi connectivity index (χ3v) is 2.35. The van der Waals surface area contributed by atoms with Crippen LogP contribution >= 0.6 is 0 Å². The molecular formula is C9H17NO3. The minimum Gasteiger partial charge on any atom is -0.481 e. The van der Waals surface area contributed by atoms with Crippen LogP contribution in [0.1, 0.15) is 12.8 Å². The number of carbonyl (C=O) groups is 1. The molecule has 1 fully saturated rings. The summed E-state index contributed by atoms with van der Waals surface area (Å²) in [6, 6.07) is 0. The van der Waals surface area contributed by atoms with Gasteiger partial charge in [-0.1, -0.05) is 0 Å². The first-order chi connectivity index (χ1) is 6.25. The summed E-state index contributed by atoms with van der Waals surface area (Å²) >= 11 is 0. The third kappa shape index (κ3) is 3.74. The van der Waals surface area contributed by atoms with Crippen molar-refractivity contribution in [2.24, 2.45) is 11.8 Å². The third-order valence-electron chi connectivity index (χ3n) is 2.35. The highest BCUT2D eigenvalue weighted by Crippen LogP contribution is 2.37. The zero-order valence-corrected chi connectivity index (χ0v) is 7.95. The molecule has 0 aliphatic heterocycles. The Hall–Kier alpha value is -0.610. The Labute approximate surface area is 78.3 Å². The van der Waals surface area contributed by atoms with E-state index in [2.05, 4.69) is 5.32 Å². The van der Waals surface area contributed by atoms with Gasteiger partial charge in [0.05, 0.1) is 5.92 Å². The fourth-order valence-electron chi connectivity index (χ4n) is 1.40. The number of methoxy groups -OCH3 is 1. The van der Waals surface area contributed by atoms with Gasteiger partial charge in [0.15, 0.2) is 0 Å². The summed E-state index contributed by atoms with van der Waals surface area (Å²) in [6.45, 7) is 2.51. The monoisotopic (exact) mass is 187 g/mol. The van der Waals surface area contributed by atoms with Crippen molar-refractivity contribution >= 4 is 5.97 Å². The van der Waals surface area contributed by atoms with Gasteiger partial charge in [-0.2, -0.15) is 0 Å². The van der Waals surface area contributed by atoms with E-state index in [4.69, 9.17) is 9.84 Å². The van der Waals surface area contributed by atoms with Gasteiger partial charge in [-0.05, 0) is 31.8 Å².